The fraction of sp³-hybridized carbons (Fsp3) is 0.0286. The minimum atomic E-state index is -4.96. The number of fused-ring (bicyclic) bond motifs is 1. The maximum atomic E-state index is 12.4. The summed E-state index contributed by atoms with van der Waals surface area (Å²) in [5.41, 5.74) is 1.18. The van der Waals surface area contributed by atoms with Crippen molar-refractivity contribution in [3.8, 4) is 23.0 Å². The van der Waals surface area contributed by atoms with Crippen LogP contribution in [0.25, 0.3) is 10.8 Å². The quantitative estimate of drug-likeness (QED) is 0.0612. The molecule has 0 saturated heterocycles. The second kappa shape index (κ2) is 15.5. The zero-order chi connectivity index (χ0) is 39.3. The molecule has 278 valence electrons. The van der Waals surface area contributed by atoms with Gasteiger partial charge in [-0.25, -0.2) is 0 Å². The molecule has 55 heavy (non-hydrogen) atoms. The molecule has 0 aliphatic heterocycles. The summed E-state index contributed by atoms with van der Waals surface area (Å²) in [6.07, 6.45) is 0. The second-order valence-corrected chi connectivity index (χ2v) is 14.1. The molecule has 5 N–H and O–H groups in total. The van der Waals surface area contributed by atoms with E-state index in [1.54, 1.807) is 24.3 Å². The summed E-state index contributed by atoms with van der Waals surface area (Å²) in [5.74, 6) is -0.949. The Morgan fingerprint density at radius 1 is 0.509 bits per heavy atom. The summed E-state index contributed by atoms with van der Waals surface area (Å²) in [6.45, 7) is 0. The van der Waals surface area contributed by atoms with Gasteiger partial charge in [0.2, 0.25) is 0 Å². The first-order chi connectivity index (χ1) is 26.2. The zero-order valence-corrected chi connectivity index (χ0v) is 29.7. The zero-order valence-electron chi connectivity index (χ0n) is 28.1. The minimum absolute atomic E-state index is 0.0527. The van der Waals surface area contributed by atoms with Crippen LogP contribution in [-0.4, -0.2) is 48.4 Å². The summed E-state index contributed by atoms with van der Waals surface area (Å²) >= 11 is 0. The first-order valence-electron chi connectivity index (χ1n) is 15.5. The molecule has 0 aromatic heterocycles. The number of azo groups is 4. The van der Waals surface area contributed by atoms with E-state index in [1.807, 2.05) is 0 Å². The molecule has 0 fully saturated rings. The van der Waals surface area contributed by atoms with Gasteiger partial charge in [-0.3, -0.25) is 9.11 Å². The summed E-state index contributed by atoms with van der Waals surface area (Å²) in [6, 6.07) is 25.3. The van der Waals surface area contributed by atoms with Crippen LogP contribution in [0.1, 0.15) is 0 Å². The van der Waals surface area contributed by atoms with Crippen LogP contribution in [0.3, 0.4) is 0 Å². The molecular formula is C35H26N8O10S2. The van der Waals surface area contributed by atoms with E-state index in [-0.39, 0.29) is 44.2 Å². The van der Waals surface area contributed by atoms with Crippen molar-refractivity contribution >= 4 is 76.5 Å². The van der Waals surface area contributed by atoms with Crippen LogP contribution in [0.2, 0.25) is 0 Å². The smallest absolute Gasteiger partial charge is 0.296 e. The van der Waals surface area contributed by atoms with Gasteiger partial charge in [0.15, 0.2) is 5.75 Å². The van der Waals surface area contributed by atoms with Gasteiger partial charge in [0.1, 0.15) is 39.2 Å². The maximum absolute atomic E-state index is 12.4. The number of benzene rings is 6. The van der Waals surface area contributed by atoms with Crippen LogP contribution in [0.4, 0.5) is 45.5 Å². The highest BCUT2D eigenvalue weighted by Crippen LogP contribution is 2.45. The molecule has 6 rings (SSSR count). The van der Waals surface area contributed by atoms with E-state index < -0.39 is 42.3 Å². The largest absolute Gasteiger partial charge is 0.508 e. The SMILES string of the molecule is COc1cc(N=Nc2c(S(=O)(=O)O)cc3cc(N=Nc4ccc(O)cc4)ccc3c2O)c(O)cc1N=Nc1ccc(N=Nc2ccc(S(=O)(=O)O)cc2)cc1. The van der Waals surface area contributed by atoms with Crippen molar-refractivity contribution in [2.45, 2.75) is 9.79 Å². The van der Waals surface area contributed by atoms with Crippen molar-refractivity contribution in [3.05, 3.63) is 109 Å². The average Bonchev–Trinajstić information content (AvgIpc) is 3.15. The molecule has 6 aromatic carbocycles. The lowest BCUT2D eigenvalue weighted by atomic mass is 10.1. The minimum Gasteiger partial charge on any atom is -0.508 e. The number of aromatic hydroxyl groups is 3. The maximum Gasteiger partial charge on any atom is 0.296 e. The number of phenolic OH excluding ortho intramolecular Hbond substituents is 3. The Morgan fingerprint density at radius 3 is 1.55 bits per heavy atom. The van der Waals surface area contributed by atoms with E-state index in [1.165, 1.54) is 86.0 Å². The van der Waals surface area contributed by atoms with Gasteiger partial charge in [0.05, 0.1) is 40.4 Å². The van der Waals surface area contributed by atoms with Crippen molar-refractivity contribution < 1.29 is 46.0 Å². The number of ether oxygens (including phenoxy) is 1. The summed E-state index contributed by atoms with van der Waals surface area (Å²) in [5, 5.41) is 63.8. The number of phenols is 3. The van der Waals surface area contributed by atoms with E-state index in [0.29, 0.717) is 22.7 Å². The lowest BCUT2D eigenvalue weighted by molar-refractivity contribution is 0.413. The van der Waals surface area contributed by atoms with E-state index in [9.17, 15) is 36.7 Å². The topological polar surface area (TPSA) is 278 Å². The lowest BCUT2D eigenvalue weighted by Crippen LogP contribution is -1.99. The second-order valence-electron chi connectivity index (χ2n) is 11.3. The van der Waals surface area contributed by atoms with E-state index in [2.05, 4.69) is 40.9 Å². The predicted octanol–water partition coefficient (Wildman–Crippen LogP) is 10.1. The van der Waals surface area contributed by atoms with Crippen molar-refractivity contribution in [3.63, 3.8) is 0 Å². The van der Waals surface area contributed by atoms with Crippen molar-refractivity contribution in [2.24, 2.45) is 40.9 Å². The molecule has 20 heteroatoms. The van der Waals surface area contributed by atoms with Gasteiger partial charge in [-0.15, -0.1) is 15.3 Å². The van der Waals surface area contributed by atoms with Gasteiger partial charge in [0.25, 0.3) is 20.2 Å². The van der Waals surface area contributed by atoms with Crippen LogP contribution in [0.5, 0.6) is 23.0 Å². The average molecular weight is 783 g/mol. The molecule has 0 unspecified atom stereocenters. The molecule has 0 amide bonds. The number of methoxy groups -OCH3 is 1. The van der Waals surface area contributed by atoms with E-state index >= 15 is 0 Å². The highest BCUT2D eigenvalue weighted by Gasteiger charge is 2.23. The Labute approximate surface area is 311 Å². The van der Waals surface area contributed by atoms with Crippen LogP contribution in [-0.2, 0) is 20.2 Å². The van der Waals surface area contributed by atoms with Crippen molar-refractivity contribution in [1.29, 1.82) is 0 Å². The fourth-order valence-corrected chi connectivity index (χ4v) is 5.94. The highest BCUT2D eigenvalue weighted by atomic mass is 32.2. The number of rotatable bonds is 11. The molecule has 6 aromatic rings. The molecule has 0 bridgehead atoms. The Kier molecular flexibility index (Phi) is 10.7. The van der Waals surface area contributed by atoms with E-state index in [0.717, 1.165) is 6.07 Å². The van der Waals surface area contributed by atoms with Crippen LogP contribution in [0, 0.1) is 0 Å². The Bertz CT molecular complexity index is 2760. The Hall–Kier alpha value is -7.00. The number of hydrogen-bond acceptors (Lipinski definition) is 16. The van der Waals surface area contributed by atoms with Gasteiger partial charge in [0, 0.05) is 17.5 Å². The van der Waals surface area contributed by atoms with Crippen molar-refractivity contribution in [1.82, 2.24) is 0 Å². The molecule has 0 heterocycles. The third kappa shape index (κ3) is 9.15. The third-order valence-electron chi connectivity index (χ3n) is 7.52. The van der Waals surface area contributed by atoms with Gasteiger partial charge in [-0.2, -0.15) is 42.4 Å². The first kappa shape index (κ1) is 37.7. The van der Waals surface area contributed by atoms with Crippen LogP contribution >= 0.6 is 0 Å². The van der Waals surface area contributed by atoms with Crippen LogP contribution < -0.4 is 4.74 Å². The van der Waals surface area contributed by atoms with Gasteiger partial charge in [-0.1, -0.05) is 0 Å². The lowest BCUT2D eigenvalue weighted by Gasteiger charge is -2.10. The fourth-order valence-electron chi connectivity index (χ4n) is 4.80. The molecule has 0 spiro atoms. The van der Waals surface area contributed by atoms with Gasteiger partial charge >= 0.3 is 0 Å². The molecule has 0 saturated carbocycles. The predicted molar refractivity (Wildman–Crippen MR) is 198 cm³/mol. The van der Waals surface area contributed by atoms with Crippen molar-refractivity contribution in [2.75, 3.05) is 7.11 Å². The van der Waals surface area contributed by atoms with E-state index in [4.69, 9.17) is 9.29 Å². The molecule has 0 atom stereocenters. The standard InChI is InChI=1S/C35H26N8O10S2/c1-53-32-19-29(31(45)18-30(32)42-39-22-4-2-21(3-5-22)36-37-24-8-13-27(14-9-24)54(47,48)49)41-43-34-33(55(50,51)52)17-20-16-25(10-15-28(20)35(34)46)40-38-23-6-11-26(44)12-7-23/h2-19,44-46H,1H3,(H,47,48,49)(H,50,51,52). The Morgan fingerprint density at radius 2 is 1.00 bits per heavy atom. The summed E-state index contributed by atoms with van der Waals surface area (Å²) in [7, 11) is -7.96. The van der Waals surface area contributed by atoms with Gasteiger partial charge < -0.3 is 20.1 Å². The highest BCUT2D eigenvalue weighted by molar-refractivity contribution is 7.86. The number of hydrogen-bond donors (Lipinski definition) is 5. The number of nitrogens with zero attached hydrogens (tertiary/aromatic N) is 8. The molecule has 0 aliphatic rings. The van der Waals surface area contributed by atoms with Crippen LogP contribution in [0.15, 0.2) is 160 Å². The summed E-state index contributed by atoms with van der Waals surface area (Å²) < 4.78 is 71.6. The van der Waals surface area contributed by atoms with Gasteiger partial charge in [-0.05, 0) is 102 Å². The molecule has 18 nitrogen and oxygen atoms in total. The molecule has 0 aliphatic carbocycles. The molecule has 0 radical (unpaired) electrons. The monoisotopic (exact) mass is 782 g/mol. The summed E-state index contributed by atoms with van der Waals surface area (Å²) in [4.78, 5) is -1.04. The third-order valence-corrected chi connectivity index (χ3v) is 9.25. The first-order valence-corrected chi connectivity index (χ1v) is 18.4. The Balaban J connectivity index is 1.22. The normalized spacial score (nSPS) is 12.5. The molecular weight excluding hydrogens is 757 g/mol.